The number of benzene rings is 2. The summed E-state index contributed by atoms with van der Waals surface area (Å²) < 4.78 is 11.7. The number of rotatable bonds is 7. The summed E-state index contributed by atoms with van der Waals surface area (Å²) in [5.74, 6) is -0.597. The van der Waals surface area contributed by atoms with Gasteiger partial charge >= 0.3 is 5.97 Å². The van der Waals surface area contributed by atoms with Gasteiger partial charge in [-0.2, -0.15) is 0 Å². The largest absolute Gasteiger partial charge is 0.490 e. The van der Waals surface area contributed by atoms with Crippen molar-refractivity contribution in [2.75, 3.05) is 26.3 Å². The van der Waals surface area contributed by atoms with Crippen LogP contribution in [0.15, 0.2) is 48.5 Å². The van der Waals surface area contributed by atoms with Crippen LogP contribution in [0.2, 0.25) is 0 Å². The number of aryl methyl sites for hydroxylation is 1. The van der Waals surface area contributed by atoms with Crippen molar-refractivity contribution >= 4 is 57.7 Å². The van der Waals surface area contributed by atoms with Crippen LogP contribution in [0.5, 0.6) is 5.75 Å². The maximum atomic E-state index is 12.6. The normalized spacial score (nSPS) is 15.4. The molecule has 1 aliphatic heterocycles. The van der Waals surface area contributed by atoms with Crippen molar-refractivity contribution in [2.24, 2.45) is 0 Å². The van der Waals surface area contributed by atoms with Gasteiger partial charge in [-0.05, 0) is 71.6 Å². The van der Waals surface area contributed by atoms with E-state index in [0.717, 1.165) is 9.13 Å². The van der Waals surface area contributed by atoms with E-state index in [1.807, 2.05) is 31.2 Å². The number of hydrogen-bond donors (Lipinski definition) is 2. The van der Waals surface area contributed by atoms with Crippen LogP contribution in [0.3, 0.4) is 0 Å². The topological polar surface area (TPSA) is 97.0 Å². The highest BCUT2D eigenvalue weighted by Crippen LogP contribution is 2.15. The molecule has 1 heterocycles. The summed E-state index contributed by atoms with van der Waals surface area (Å²) in [7, 11) is 0. The monoisotopic (exact) mass is 581 g/mol. The Kier molecular flexibility index (Phi) is 9.01. The predicted molar refractivity (Wildman–Crippen MR) is 135 cm³/mol. The Balaban J connectivity index is 1.53. The van der Waals surface area contributed by atoms with Crippen molar-refractivity contribution in [3.63, 3.8) is 0 Å². The van der Waals surface area contributed by atoms with E-state index in [0.29, 0.717) is 24.4 Å². The van der Waals surface area contributed by atoms with E-state index in [1.165, 1.54) is 0 Å². The van der Waals surface area contributed by atoms with Gasteiger partial charge in [-0.15, -0.1) is 0 Å². The van der Waals surface area contributed by atoms with Gasteiger partial charge in [-0.3, -0.25) is 19.7 Å². The van der Waals surface area contributed by atoms with Gasteiger partial charge in [0.25, 0.3) is 5.91 Å². The van der Waals surface area contributed by atoms with E-state index in [4.69, 9.17) is 21.7 Å². The molecular weight excluding hydrogens is 557 g/mol. The number of amides is 2. The second-order valence-corrected chi connectivity index (χ2v) is 8.86. The van der Waals surface area contributed by atoms with Crippen LogP contribution in [0.1, 0.15) is 22.3 Å². The lowest BCUT2D eigenvalue weighted by Crippen LogP contribution is -2.60. The first-order valence-electron chi connectivity index (χ1n) is 10.3. The van der Waals surface area contributed by atoms with Crippen molar-refractivity contribution in [1.82, 2.24) is 15.5 Å². The summed E-state index contributed by atoms with van der Waals surface area (Å²) in [4.78, 5) is 38.9. The number of halogens is 1. The zero-order valence-corrected chi connectivity index (χ0v) is 21.0. The lowest BCUT2D eigenvalue weighted by molar-refractivity contribution is -0.148. The van der Waals surface area contributed by atoms with E-state index >= 15 is 0 Å². The Morgan fingerprint density at radius 3 is 2.70 bits per heavy atom. The Bertz CT molecular complexity index is 1030. The molecule has 2 N–H and O–H groups in total. The number of esters is 1. The number of carbonyl (C=O) groups is 3. The third-order valence-corrected chi connectivity index (χ3v) is 6.46. The molecule has 0 aromatic heterocycles. The molecule has 0 radical (unpaired) electrons. The molecule has 10 heteroatoms. The fourth-order valence-electron chi connectivity index (χ4n) is 3.18. The SMILES string of the molecule is Cc1ccc(C(=O)NC(=S)N2CCNC(=O)C2CC(=O)OCCOc2ccccc2)cc1I. The van der Waals surface area contributed by atoms with Crippen LogP contribution in [0.4, 0.5) is 0 Å². The number of piperazine rings is 1. The third kappa shape index (κ3) is 7.13. The summed E-state index contributed by atoms with van der Waals surface area (Å²) in [5, 5.41) is 5.49. The van der Waals surface area contributed by atoms with E-state index in [-0.39, 0.29) is 36.6 Å². The minimum atomic E-state index is -0.868. The van der Waals surface area contributed by atoms with Gasteiger partial charge in [0.05, 0.1) is 6.42 Å². The van der Waals surface area contributed by atoms with E-state index in [1.54, 1.807) is 29.2 Å². The number of nitrogens with one attached hydrogen (secondary N) is 2. The Morgan fingerprint density at radius 2 is 1.97 bits per heavy atom. The predicted octanol–water partition coefficient (Wildman–Crippen LogP) is 2.43. The molecule has 2 amide bonds. The number of nitrogens with zero attached hydrogens (tertiary/aromatic N) is 1. The fourth-order valence-corrected chi connectivity index (χ4v) is 4.01. The molecule has 0 aliphatic carbocycles. The molecule has 8 nitrogen and oxygen atoms in total. The van der Waals surface area contributed by atoms with Gasteiger partial charge in [-0.25, -0.2) is 0 Å². The maximum Gasteiger partial charge on any atom is 0.308 e. The summed E-state index contributed by atoms with van der Waals surface area (Å²) in [6.45, 7) is 2.92. The molecular formula is C23H24IN3O5S. The molecule has 0 spiro atoms. The lowest BCUT2D eigenvalue weighted by Gasteiger charge is -2.36. The first-order valence-corrected chi connectivity index (χ1v) is 11.8. The van der Waals surface area contributed by atoms with Crippen LogP contribution in [-0.2, 0) is 14.3 Å². The summed E-state index contributed by atoms with van der Waals surface area (Å²) in [6, 6.07) is 13.6. The van der Waals surface area contributed by atoms with E-state index < -0.39 is 12.0 Å². The lowest BCUT2D eigenvalue weighted by atomic mass is 10.1. The molecule has 1 fully saturated rings. The Labute approximate surface area is 211 Å². The van der Waals surface area contributed by atoms with Gasteiger partial charge in [0.2, 0.25) is 5.91 Å². The van der Waals surface area contributed by atoms with Crippen molar-refractivity contribution in [2.45, 2.75) is 19.4 Å². The van der Waals surface area contributed by atoms with Crippen molar-refractivity contribution in [3.8, 4) is 5.75 Å². The molecule has 0 saturated carbocycles. The van der Waals surface area contributed by atoms with Crippen molar-refractivity contribution in [3.05, 3.63) is 63.2 Å². The molecule has 2 aromatic carbocycles. The van der Waals surface area contributed by atoms with Crippen LogP contribution in [0, 0.1) is 10.5 Å². The highest BCUT2D eigenvalue weighted by Gasteiger charge is 2.34. The zero-order chi connectivity index (χ0) is 23.8. The third-order valence-electron chi connectivity index (χ3n) is 4.96. The number of carbonyl (C=O) groups excluding carboxylic acids is 3. The molecule has 0 bridgehead atoms. The molecule has 1 saturated heterocycles. The van der Waals surface area contributed by atoms with Gasteiger partial charge < -0.3 is 19.7 Å². The minimum Gasteiger partial charge on any atom is -0.490 e. The summed E-state index contributed by atoms with van der Waals surface area (Å²) in [5.41, 5.74) is 1.53. The number of thiocarbonyl (C=S) groups is 1. The smallest absolute Gasteiger partial charge is 0.308 e. The average Bonchev–Trinajstić information content (AvgIpc) is 2.80. The second kappa shape index (κ2) is 11.9. The van der Waals surface area contributed by atoms with Crippen molar-refractivity contribution < 1.29 is 23.9 Å². The quantitative estimate of drug-likeness (QED) is 0.225. The van der Waals surface area contributed by atoms with Crippen LogP contribution >= 0.6 is 34.8 Å². The van der Waals surface area contributed by atoms with Crippen LogP contribution < -0.4 is 15.4 Å². The van der Waals surface area contributed by atoms with Gasteiger partial charge in [-0.1, -0.05) is 24.3 Å². The Morgan fingerprint density at radius 1 is 1.21 bits per heavy atom. The number of ether oxygens (including phenoxy) is 2. The average molecular weight is 581 g/mol. The van der Waals surface area contributed by atoms with Crippen LogP contribution in [0.25, 0.3) is 0 Å². The standard InChI is InChI=1S/C23H24IN3O5S/c1-15-7-8-16(13-18(15)24)21(29)26-23(33)27-10-9-25-22(30)19(27)14-20(28)32-12-11-31-17-5-3-2-4-6-17/h2-8,13,19H,9-12,14H2,1H3,(H,25,30)(H,26,29,33). The minimum absolute atomic E-state index is 0.0509. The molecule has 1 unspecified atom stereocenters. The molecule has 1 atom stereocenters. The summed E-state index contributed by atoms with van der Waals surface area (Å²) >= 11 is 7.55. The van der Waals surface area contributed by atoms with Gasteiger partial charge in [0, 0.05) is 22.2 Å². The second-order valence-electron chi connectivity index (χ2n) is 7.31. The molecule has 3 rings (SSSR count). The number of para-hydroxylation sites is 1. The Hall–Kier alpha value is -2.73. The van der Waals surface area contributed by atoms with E-state index in [2.05, 4.69) is 33.2 Å². The maximum absolute atomic E-state index is 12.6. The molecule has 33 heavy (non-hydrogen) atoms. The molecule has 174 valence electrons. The number of hydrogen-bond acceptors (Lipinski definition) is 6. The zero-order valence-electron chi connectivity index (χ0n) is 18.0. The van der Waals surface area contributed by atoms with E-state index in [9.17, 15) is 14.4 Å². The van der Waals surface area contributed by atoms with Crippen molar-refractivity contribution in [1.29, 1.82) is 0 Å². The fraction of sp³-hybridized carbons (Fsp3) is 0.304. The van der Waals surface area contributed by atoms with Gasteiger partial charge in [0.1, 0.15) is 25.0 Å². The highest BCUT2D eigenvalue weighted by atomic mass is 127. The highest BCUT2D eigenvalue weighted by molar-refractivity contribution is 14.1. The summed E-state index contributed by atoms with van der Waals surface area (Å²) in [6.07, 6.45) is -0.199. The molecule has 1 aliphatic rings. The first kappa shape index (κ1) is 24.9. The van der Waals surface area contributed by atoms with Gasteiger partial charge in [0.15, 0.2) is 5.11 Å². The van der Waals surface area contributed by atoms with Crippen LogP contribution in [-0.4, -0.2) is 60.1 Å². The first-order chi connectivity index (χ1) is 15.8. The molecule has 2 aromatic rings.